The minimum Gasteiger partial charge on any atom is -0.295 e. The summed E-state index contributed by atoms with van der Waals surface area (Å²) < 4.78 is 0. The average Bonchev–Trinajstić information content (AvgIpc) is 2.28. The Labute approximate surface area is 120 Å². The Morgan fingerprint density at radius 2 is 1.68 bits per heavy atom. The van der Waals surface area contributed by atoms with Crippen molar-refractivity contribution in [1.82, 2.24) is 0 Å². The van der Waals surface area contributed by atoms with Crippen molar-refractivity contribution in [3.8, 4) is 0 Å². The van der Waals surface area contributed by atoms with E-state index in [0.29, 0.717) is 0 Å². The lowest BCUT2D eigenvalue weighted by molar-refractivity contribution is -0.117. The first-order valence-electron chi connectivity index (χ1n) is 7.71. The van der Waals surface area contributed by atoms with Gasteiger partial charge in [-0.2, -0.15) is 0 Å². The predicted molar refractivity (Wildman–Crippen MR) is 85.2 cm³/mol. The smallest absolute Gasteiger partial charge is 0.158 e. The highest BCUT2D eigenvalue weighted by atomic mass is 16.1. The first-order chi connectivity index (χ1) is 8.82. The summed E-state index contributed by atoms with van der Waals surface area (Å²) in [7, 11) is 0. The molecule has 0 aromatic carbocycles. The highest BCUT2D eigenvalue weighted by Crippen LogP contribution is 2.16. The Morgan fingerprint density at radius 3 is 2.21 bits per heavy atom. The summed E-state index contributed by atoms with van der Waals surface area (Å²) in [5.41, 5.74) is 1.06. The van der Waals surface area contributed by atoms with Crippen molar-refractivity contribution >= 4 is 5.78 Å². The lowest BCUT2D eigenvalue weighted by Gasteiger charge is -2.09. The largest absolute Gasteiger partial charge is 0.295 e. The van der Waals surface area contributed by atoms with Crippen LogP contribution in [0.15, 0.2) is 23.8 Å². The maximum absolute atomic E-state index is 11.5. The van der Waals surface area contributed by atoms with Gasteiger partial charge in [-0.15, -0.1) is 0 Å². The summed E-state index contributed by atoms with van der Waals surface area (Å²) in [6.45, 7) is 12.7. The first kappa shape index (κ1) is 18.1. The lowest BCUT2D eigenvalue weighted by Crippen LogP contribution is -2.02. The van der Waals surface area contributed by atoms with Crippen molar-refractivity contribution in [1.29, 1.82) is 0 Å². The molecule has 0 N–H and O–H groups in total. The molecule has 0 aliphatic carbocycles. The zero-order valence-corrected chi connectivity index (χ0v) is 13.7. The van der Waals surface area contributed by atoms with E-state index in [1.54, 1.807) is 6.08 Å². The zero-order chi connectivity index (χ0) is 14.8. The molecule has 19 heavy (non-hydrogen) atoms. The molecule has 0 radical (unpaired) electrons. The molecule has 0 saturated heterocycles. The van der Waals surface area contributed by atoms with Crippen molar-refractivity contribution in [2.24, 2.45) is 17.8 Å². The third kappa shape index (κ3) is 10.7. The SMILES string of the molecule is CC(C=CCC(C)CCCC(C)C)=CC(=O)C(C)C. The summed E-state index contributed by atoms with van der Waals surface area (Å²) in [5, 5.41) is 0. The molecule has 0 aromatic heterocycles. The maximum atomic E-state index is 11.5. The van der Waals surface area contributed by atoms with E-state index in [0.717, 1.165) is 23.8 Å². The standard InChI is InChI=1S/C18H32O/c1-14(2)9-7-10-16(5)11-8-12-17(6)13-18(19)15(3)4/h8,12-16H,7,9-11H2,1-6H3. The van der Waals surface area contributed by atoms with Crippen LogP contribution in [0.25, 0.3) is 0 Å². The van der Waals surface area contributed by atoms with E-state index in [4.69, 9.17) is 0 Å². The number of hydrogen-bond acceptors (Lipinski definition) is 1. The van der Waals surface area contributed by atoms with Crippen LogP contribution >= 0.6 is 0 Å². The van der Waals surface area contributed by atoms with Crippen LogP contribution in [0.5, 0.6) is 0 Å². The Hall–Kier alpha value is -0.850. The van der Waals surface area contributed by atoms with Gasteiger partial charge in [0.1, 0.15) is 0 Å². The van der Waals surface area contributed by atoms with Gasteiger partial charge in [-0.05, 0) is 36.8 Å². The molecule has 0 spiro atoms. The number of rotatable bonds is 9. The van der Waals surface area contributed by atoms with E-state index < -0.39 is 0 Å². The molecule has 0 heterocycles. The fraction of sp³-hybridized carbons (Fsp3) is 0.722. The molecule has 0 bridgehead atoms. The summed E-state index contributed by atoms with van der Waals surface area (Å²) in [4.78, 5) is 11.5. The second-order valence-electron chi connectivity index (χ2n) is 6.51. The summed E-state index contributed by atoms with van der Waals surface area (Å²) in [6.07, 6.45) is 11.1. The molecule has 0 rings (SSSR count). The van der Waals surface area contributed by atoms with E-state index in [1.165, 1.54) is 19.3 Å². The molecule has 1 heteroatoms. The number of allylic oxidation sites excluding steroid dienone is 4. The van der Waals surface area contributed by atoms with Crippen LogP contribution < -0.4 is 0 Å². The molecule has 110 valence electrons. The monoisotopic (exact) mass is 264 g/mol. The summed E-state index contributed by atoms with van der Waals surface area (Å²) >= 11 is 0. The predicted octanol–water partition coefficient (Wildman–Crippen LogP) is 5.57. The normalized spacial score (nSPS) is 14.6. The Balaban J connectivity index is 3.97. The van der Waals surface area contributed by atoms with Gasteiger partial charge < -0.3 is 0 Å². The van der Waals surface area contributed by atoms with Crippen LogP contribution in [0.3, 0.4) is 0 Å². The molecular formula is C18H32O. The summed E-state index contributed by atoms with van der Waals surface area (Å²) in [5.74, 6) is 1.86. The van der Waals surface area contributed by atoms with Crippen molar-refractivity contribution < 1.29 is 4.79 Å². The van der Waals surface area contributed by atoms with Crippen LogP contribution in [0.2, 0.25) is 0 Å². The van der Waals surface area contributed by atoms with Crippen LogP contribution in [0.4, 0.5) is 0 Å². The Bertz CT molecular complexity index is 308. The minimum atomic E-state index is 0.0957. The fourth-order valence-electron chi connectivity index (χ4n) is 1.92. The van der Waals surface area contributed by atoms with Gasteiger partial charge in [0.05, 0.1) is 0 Å². The molecule has 0 aliphatic heterocycles. The van der Waals surface area contributed by atoms with Crippen LogP contribution in [0.1, 0.15) is 67.2 Å². The number of hydrogen-bond donors (Lipinski definition) is 0. The topological polar surface area (TPSA) is 17.1 Å². The fourth-order valence-corrected chi connectivity index (χ4v) is 1.92. The quantitative estimate of drug-likeness (QED) is 0.393. The van der Waals surface area contributed by atoms with Crippen molar-refractivity contribution in [2.45, 2.75) is 67.2 Å². The van der Waals surface area contributed by atoms with Crippen LogP contribution in [0, 0.1) is 17.8 Å². The van der Waals surface area contributed by atoms with Gasteiger partial charge in [-0.3, -0.25) is 4.79 Å². The minimum absolute atomic E-state index is 0.0957. The van der Waals surface area contributed by atoms with E-state index in [-0.39, 0.29) is 11.7 Å². The molecule has 1 atom stereocenters. The van der Waals surface area contributed by atoms with Gasteiger partial charge >= 0.3 is 0 Å². The van der Waals surface area contributed by atoms with Gasteiger partial charge in [-0.25, -0.2) is 0 Å². The molecule has 1 unspecified atom stereocenters. The van der Waals surface area contributed by atoms with Gasteiger partial charge in [0.25, 0.3) is 0 Å². The van der Waals surface area contributed by atoms with Gasteiger partial charge in [-0.1, -0.05) is 66.0 Å². The van der Waals surface area contributed by atoms with Gasteiger partial charge in [0, 0.05) is 5.92 Å². The number of carbonyl (C=O) groups excluding carboxylic acids is 1. The van der Waals surface area contributed by atoms with Gasteiger partial charge in [0.15, 0.2) is 5.78 Å². The average molecular weight is 264 g/mol. The highest BCUT2D eigenvalue weighted by molar-refractivity contribution is 5.92. The second kappa shape index (κ2) is 10.00. The molecule has 0 amide bonds. The lowest BCUT2D eigenvalue weighted by atomic mass is 9.97. The van der Waals surface area contributed by atoms with Crippen molar-refractivity contribution in [3.63, 3.8) is 0 Å². The van der Waals surface area contributed by atoms with Crippen molar-refractivity contribution in [3.05, 3.63) is 23.8 Å². The molecule has 0 fully saturated rings. The maximum Gasteiger partial charge on any atom is 0.158 e. The summed E-state index contributed by atoms with van der Waals surface area (Å²) in [6, 6.07) is 0. The van der Waals surface area contributed by atoms with Crippen LogP contribution in [-0.4, -0.2) is 5.78 Å². The molecule has 1 nitrogen and oxygen atoms in total. The van der Waals surface area contributed by atoms with E-state index >= 15 is 0 Å². The molecule has 0 aliphatic rings. The van der Waals surface area contributed by atoms with Crippen molar-refractivity contribution in [2.75, 3.05) is 0 Å². The number of carbonyl (C=O) groups is 1. The van der Waals surface area contributed by atoms with E-state index in [9.17, 15) is 4.79 Å². The van der Waals surface area contributed by atoms with Gasteiger partial charge in [0.2, 0.25) is 0 Å². The third-order valence-electron chi connectivity index (χ3n) is 3.34. The second-order valence-corrected chi connectivity index (χ2v) is 6.51. The Kier molecular flexibility index (Phi) is 9.55. The molecular weight excluding hydrogens is 232 g/mol. The zero-order valence-electron chi connectivity index (χ0n) is 13.7. The van der Waals surface area contributed by atoms with E-state index in [2.05, 4.69) is 32.9 Å². The Morgan fingerprint density at radius 1 is 1.05 bits per heavy atom. The third-order valence-corrected chi connectivity index (χ3v) is 3.34. The molecule has 0 aromatic rings. The van der Waals surface area contributed by atoms with E-state index in [1.807, 2.05) is 20.8 Å². The first-order valence-corrected chi connectivity index (χ1v) is 7.71. The molecule has 0 saturated carbocycles. The van der Waals surface area contributed by atoms with Crippen LogP contribution in [-0.2, 0) is 4.79 Å². The highest BCUT2D eigenvalue weighted by Gasteiger charge is 2.03. The number of ketones is 1.